The van der Waals surface area contributed by atoms with E-state index in [0.717, 1.165) is 22.5 Å². The molecule has 0 aromatic heterocycles. The summed E-state index contributed by atoms with van der Waals surface area (Å²) in [6.07, 6.45) is 0. The van der Waals surface area contributed by atoms with Crippen LogP contribution in [0.3, 0.4) is 0 Å². The van der Waals surface area contributed by atoms with Crippen molar-refractivity contribution in [2.75, 3.05) is 17.7 Å². The Labute approximate surface area is 142 Å². The molecule has 0 radical (unpaired) electrons. The van der Waals surface area contributed by atoms with Crippen LogP contribution >= 0.6 is 0 Å². The first-order valence-electron chi connectivity index (χ1n) is 7.87. The molecule has 0 aliphatic heterocycles. The average Bonchev–Trinajstić information content (AvgIpc) is 2.56. The van der Waals surface area contributed by atoms with Crippen molar-refractivity contribution in [2.24, 2.45) is 0 Å². The summed E-state index contributed by atoms with van der Waals surface area (Å²) in [6.45, 7) is 5.77. The molecule has 0 aliphatic carbocycles. The molecule has 1 unspecified atom stereocenters. The van der Waals surface area contributed by atoms with Crippen molar-refractivity contribution in [3.8, 4) is 0 Å². The molecule has 2 aromatic rings. The summed E-state index contributed by atoms with van der Waals surface area (Å²) in [7, 11) is 1.59. The highest BCUT2D eigenvalue weighted by molar-refractivity contribution is 5.97. The summed E-state index contributed by atoms with van der Waals surface area (Å²) in [5.74, 6) is -0.293. The summed E-state index contributed by atoms with van der Waals surface area (Å²) >= 11 is 0. The zero-order valence-electron chi connectivity index (χ0n) is 14.4. The Kier molecular flexibility index (Phi) is 5.58. The number of aryl methyl sites for hydroxylation is 2. The van der Waals surface area contributed by atoms with E-state index in [0.29, 0.717) is 5.56 Å². The fourth-order valence-electron chi connectivity index (χ4n) is 2.40. The Morgan fingerprint density at radius 3 is 2.46 bits per heavy atom. The number of amides is 2. The fraction of sp³-hybridized carbons (Fsp3) is 0.263. The van der Waals surface area contributed by atoms with Gasteiger partial charge in [0.2, 0.25) is 5.91 Å². The molecule has 0 bridgehead atoms. The van der Waals surface area contributed by atoms with Gasteiger partial charge in [-0.15, -0.1) is 0 Å². The number of carbonyl (C=O) groups excluding carboxylic acids is 2. The van der Waals surface area contributed by atoms with Crippen LogP contribution in [-0.4, -0.2) is 24.9 Å². The van der Waals surface area contributed by atoms with Gasteiger partial charge in [-0.3, -0.25) is 9.59 Å². The summed E-state index contributed by atoms with van der Waals surface area (Å²) in [6, 6.07) is 12.5. The Morgan fingerprint density at radius 2 is 1.79 bits per heavy atom. The van der Waals surface area contributed by atoms with Crippen molar-refractivity contribution in [1.29, 1.82) is 0 Å². The van der Waals surface area contributed by atoms with Gasteiger partial charge in [-0.1, -0.05) is 23.8 Å². The smallest absolute Gasteiger partial charge is 0.251 e. The topological polar surface area (TPSA) is 70.2 Å². The average molecular weight is 325 g/mol. The van der Waals surface area contributed by atoms with Crippen LogP contribution in [0, 0.1) is 13.8 Å². The van der Waals surface area contributed by atoms with Gasteiger partial charge in [0.15, 0.2) is 0 Å². The lowest BCUT2D eigenvalue weighted by Crippen LogP contribution is -2.32. The van der Waals surface area contributed by atoms with E-state index in [1.54, 1.807) is 32.2 Å². The number of benzene rings is 2. The van der Waals surface area contributed by atoms with Crippen LogP contribution in [0.2, 0.25) is 0 Å². The predicted molar refractivity (Wildman–Crippen MR) is 97.5 cm³/mol. The van der Waals surface area contributed by atoms with Gasteiger partial charge < -0.3 is 16.0 Å². The molecular formula is C19H23N3O2. The molecule has 2 aromatic carbocycles. The van der Waals surface area contributed by atoms with Gasteiger partial charge >= 0.3 is 0 Å². The van der Waals surface area contributed by atoms with Crippen molar-refractivity contribution in [2.45, 2.75) is 26.8 Å². The molecule has 1 atom stereocenters. The summed E-state index contributed by atoms with van der Waals surface area (Å²) < 4.78 is 0. The lowest BCUT2D eigenvalue weighted by molar-refractivity contribution is -0.116. The lowest BCUT2D eigenvalue weighted by atomic mass is 10.1. The third-order valence-corrected chi connectivity index (χ3v) is 3.77. The van der Waals surface area contributed by atoms with E-state index in [1.165, 1.54) is 0 Å². The maximum atomic E-state index is 12.4. The maximum Gasteiger partial charge on any atom is 0.251 e. The number of hydrogen-bond donors (Lipinski definition) is 3. The van der Waals surface area contributed by atoms with Crippen LogP contribution in [0.25, 0.3) is 0 Å². The lowest BCUT2D eigenvalue weighted by Gasteiger charge is -2.17. The number of rotatable bonds is 5. The van der Waals surface area contributed by atoms with Gasteiger partial charge in [-0.05, 0) is 50.6 Å². The first-order valence-corrected chi connectivity index (χ1v) is 7.87. The Morgan fingerprint density at radius 1 is 1.04 bits per heavy atom. The summed E-state index contributed by atoms with van der Waals surface area (Å²) in [4.78, 5) is 24.0. The molecule has 2 rings (SSSR count). The van der Waals surface area contributed by atoms with Crippen molar-refractivity contribution < 1.29 is 9.59 Å². The standard InChI is InChI=1S/C19H23N3O2/c1-12-8-9-17(13(2)10-12)22-18(23)14(3)21-16-7-5-6-15(11-16)19(24)20-4/h5-11,14,21H,1-4H3,(H,20,24)(H,22,23). The van der Waals surface area contributed by atoms with Crippen LogP contribution in [-0.2, 0) is 4.79 Å². The summed E-state index contributed by atoms with van der Waals surface area (Å²) in [5.41, 5.74) is 4.25. The van der Waals surface area contributed by atoms with E-state index < -0.39 is 6.04 Å². The van der Waals surface area contributed by atoms with Crippen molar-refractivity contribution in [3.63, 3.8) is 0 Å². The fourth-order valence-corrected chi connectivity index (χ4v) is 2.40. The second-order valence-electron chi connectivity index (χ2n) is 5.83. The zero-order chi connectivity index (χ0) is 17.7. The van der Waals surface area contributed by atoms with Crippen molar-refractivity contribution >= 4 is 23.2 Å². The molecule has 5 nitrogen and oxygen atoms in total. The van der Waals surface area contributed by atoms with Gasteiger partial charge in [0, 0.05) is 24.0 Å². The van der Waals surface area contributed by atoms with E-state index in [1.807, 2.05) is 38.1 Å². The molecule has 2 amide bonds. The van der Waals surface area contributed by atoms with Gasteiger partial charge in [0.1, 0.15) is 6.04 Å². The monoisotopic (exact) mass is 325 g/mol. The highest BCUT2D eigenvalue weighted by Crippen LogP contribution is 2.17. The van der Waals surface area contributed by atoms with E-state index >= 15 is 0 Å². The van der Waals surface area contributed by atoms with E-state index in [2.05, 4.69) is 16.0 Å². The number of hydrogen-bond acceptors (Lipinski definition) is 3. The third kappa shape index (κ3) is 4.35. The molecular weight excluding hydrogens is 302 g/mol. The van der Waals surface area contributed by atoms with Crippen LogP contribution in [0.1, 0.15) is 28.4 Å². The summed E-state index contributed by atoms with van der Waals surface area (Å²) in [5, 5.41) is 8.63. The number of carbonyl (C=O) groups is 2. The third-order valence-electron chi connectivity index (χ3n) is 3.77. The second kappa shape index (κ2) is 7.64. The van der Waals surface area contributed by atoms with Crippen molar-refractivity contribution in [1.82, 2.24) is 5.32 Å². The van der Waals surface area contributed by atoms with Gasteiger partial charge in [-0.2, -0.15) is 0 Å². The molecule has 5 heteroatoms. The van der Waals surface area contributed by atoms with Gasteiger partial charge in [0.25, 0.3) is 5.91 Å². The minimum atomic E-state index is -0.439. The molecule has 0 saturated carbocycles. The normalized spacial score (nSPS) is 11.5. The Bertz CT molecular complexity index is 756. The molecule has 24 heavy (non-hydrogen) atoms. The van der Waals surface area contributed by atoms with E-state index in [9.17, 15) is 9.59 Å². The molecule has 0 aliphatic rings. The van der Waals surface area contributed by atoms with Gasteiger partial charge in [-0.25, -0.2) is 0 Å². The molecule has 0 heterocycles. The molecule has 0 spiro atoms. The van der Waals surface area contributed by atoms with Crippen LogP contribution < -0.4 is 16.0 Å². The highest BCUT2D eigenvalue weighted by atomic mass is 16.2. The number of anilines is 2. The largest absolute Gasteiger partial charge is 0.374 e. The highest BCUT2D eigenvalue weighted by Gasteiger charge is 2.14. The SMILES string of the molecule is CNC(=O)c1cccc(NC(C)C(=O)Nc2ccc(C)cc2C)c1. The quantitative estimate of drug-likeness (QED) is 0.791. The minimum Gasteiger partial charge on any atom is -0.374 e. The Balaban J connectivity index is 2.05. The minimum absolute atomic E-state index is 0.132. The van der Waals surface area contributed by atoms with Crippen LogP contribution in [0.15, 0.2) is 42.5 Å². The molecule has 126 valence electrons. The first-order chi connectivity index (χ1) is 11.4. The molecule has 0 saturated heterocycles. The number of nitrogens with one attached hydrogen (secondary N) is 3. The van der Waals surface area contributed by atoms with E-state index in [-0.39, 0.29) is 11.8 Å². The Hall–Kier alpha value is -2.82. The predicted octanol–water partition coefficient (Wildman–Crippen LogP) is 3.10. The molecule has 3 N–H and O–H groups in total. The zero-order valence-corrected chi connectivity index (χ0v) is 14.4. The molecule has 0 fully saturated rings. The first kappa shape index (κ1) is 17.5. The van der Waals surface area contributed by atoms with Gasteiger partial charge in [0.05, 0.1) is 0 Å². The van der Waals surface area contributed by atoms with Crippen LogP contribution in [0.5, 0.6) is 0 Å². The van der Waals surface area contributed by atoms with E-state index in [4.69, 9.17) is 0 Å². The second-order valence-corrected chi connectivity index (χ2v) is 5.83. The van der Waals surface area contributed by atoms with Crippen molar-refractivity contribution in [3.05, 3.63) is 59.2 Å². The maximum absolute atomic E-state index is 12.4. The van der Waals surface area contributed by atoms with Crippen LogP contribution in [0.4, 0.5) is 11.4 Å².